The first kappa shape index (κ1) is 9.11. The van der Waals surface area contributed by atoms with Crippen molar-refractivity contribution in [2.45, 2.75) is 6.54 Å². The van der Waals surface area contributed by atoms with E-state index in [2.05, 4.69) is 15.1 Å². The average molecular weight is 213 g/mol. The SMILES string of the molecule is NCc1cn2[nH]c(-c3ccccc3)nc2n1. The van der Waals surface area contributed by atoms with Crippen LogP contribution < -0.4 is 5.73 Å². The number of rotatable bonds is 2. The summed E-state index contributed by atoms with van der Waals surface area (Å²) in [5, 5.41) is 3.15. The van der Waals surface area contributed by atoms with Crippen LogP contribution in [0.2, 0.25) is 0 Å². The lowest BCUT2D eigenvalue weighted by molar-refractivity contribution is 0.958. The van der Waals surface area contributed by atoms with Gasteiger partial charge in [0.15, 0.2) is 5.82 Å². The summed E-state index contributed by atoms with van der Waals surface area (Å²) in [4.78, 5) is 8.67. The Labute approximate surface area is 91.9 Å². The molecule has 3 aromatic rings. The number of H-pyrrole nitrogens is 1. The highest BCUT2D eigenvalue weighted by Gasteiger charge is 2.07. The van der Waals surface area contributed by atoms with Crippen LogP contribution in [0.15, 0.2) is 36.5 Å². The van der Waals surface area contributed by atoms with Gasteiger partial charge in [0.05, 0.1) is 11.9 Å². The van der Waals surface area contributed by atoms with Crippen molar-refractivity contribution >= 4 is 5.78 Å². The van der Waals surface area contributed by atoms with Crippen LogP contribution in [0.4, 0.5) is 0 Å². The molecule has 0 aliphatic heterocycles. The van der Waals surface area contributed by atoms with Gasteiger partial charge in [-0.2, -0.15) is 4.98 Å². The molecule has 5 nitrogen and oxygen atoms in total. The van der Waals surface area contributed by atoms with Crippen molar-refractivity contribution in [2.24, 2.45) is 5.73 Å². The van der Waals surface area contributed by atoms with Crippen molar-refractivity contribution in [1.29, 1.82) is 0 Å². The molecule has 0 aliphatic rings. The van der Waals surface area contributed by atoms with E-state index in [4.69, 9.17) is 5.73 Å². The average Bonchev–Trinajstić information content (AvgIpc) is 2.87. The maximum absolute atomic E-state index is 5.50. The van der Waals surface area contributed by atoms with Crippen LogP contribution in [0, 0.1) is 0 Å². The predicted molar refractivity (Wildman–Crippen MR) is 60.7 cm³/mol. The Hall–Kier alpha value is -2.14. The zero-order valence-corrected chi connectivity index (χ0v) is 8.59. The van der Waals surface area contributed by atoms with E-state index in [1.807, 2.05) is 36.5 Å². The summed E-state index contributed by atoms with van der Waals surface area (Å²) in [6, 6.07) is 9.94. The lowest BCUT2D eigenvalue weighted by atomic mass is 10.2. The van der Waals surface area contributed by atoms with E-state index in [1.54, 1.807) is 4.52 Å². The molecular formula is C11H11N5. The molecule has 1 aromatic carbocycles. The summed E-state index contributed by atoms with van der Waals surface area (Å²) >= 11 is 0. The van der Waals surface area contributed by atoms with Crippen molar-refractivity contribution < 1.29 is 0 Å². The molecular weight excluding hydrogens is 202 g/mol. The van der Waals surface area contributed by atoms with Crippen LogP contribution >= 0.6 is 0 Å². The molecule has 0 amide bonds. The smallest absolute Gasteiger partial charge is 0.251 e. The summed E-state index contributed by atoms with van der Waals surface area (Å²) in [5.41, 5.74) is 7.38. The molecule has 3 N–H and O–H groups in total. The molecule has 0 radical (unpaired) electrons. The van der Waals surface area contributed by atoms with Gasteiger partial charge >= 0.3 is 0 Å². The van der Waals surface area contributed by atoms with Crippen LogP contribution in [0.1, 0.15) is 5.69 Å². The Morgan fingerprint density at radius 1 is 1.19 bits per heavy atom. The normalized spacial score (nSPS) is 11.1. The second-order valence-corrected chi connectivity index (χ2v) is 3.54. The fourth-order valence-electron chi connectivity index (χ4n) is 1.64. The maximum atomic E-state index is 5.50. The number of hydrogen-bond acceptors (Lipinski definition) is 3. The van der Waals surface area contributed by atoms with Crippen LogP contribution in [0.5, 0.6) is 0 Å². The molecule has 0 spiro atoms. The highest BCUT2D eigenvalue weighted by molar-refractivity contribution is 5.56. The quantitative estimate of drug-likeness (QED) is 0.671. The topological polar surface area (TPSA) is 72.0 Å². The number of fused-ring (bicyclic) bond motifs is 1. The molecule has 0 bridgehead atoms. The maximum Gasteiger partial charge on any atom is 0.251 e. The molecule has 0 aliphatic carbocycles. The molecule has 80 valence electrons. The molecule has 0 atom stereocenters. The molecule has 5 heteroatoms. The highest BCUT2D eigenvalue weighted by atomic mass is 15.3. The lowest BCUT2D eigenvalue weighted by Crippen LogP contribution is -1.96. The Morgan fingerprint density at radius 2 is 2.00 bits per heavy atom. The van der Waals surface area contributed by atoms with E-state index in [0.717, 1.165) is 17.1 Å². The van der Waals surface area contributed by atoms with E-state index >= 15 is 0 Å². The van der Waals surface area contributed by atoms with Crippen molar-refractivity contribution in [3.8, 4) is 11.4 Å². The zero-order chi connectivity index (χ0) is 11.0. The summed E-state index contributed by atoms with van der Waals surface area (Å²) in [6.45, 7) is 0.428. The minimum Gasteiger partial charge on any atom is -0.325 e. The van der Waals surface area contributed by atoms with Gasteiger partial charge in [-0.1, -0.05) is 30.3 Å². The third kappa shape index (κ3) is 1.38. The van der Waals surface area contributed by atoms with Crippen LogP contribution in [-0.4, -0.2) is 19.6 Å². The first-order valence-corrected chi connectivity index (χ1v) is 5.06. The van der Waals surface area contributed by atoms with Crippen LogP contribution in [-0.2, 0) is 6.54 Å². The van der Waals surface area contributed by atoms with E-state index in [1.165, 1.54) is 0 Å². The van der Waals surface area contributed by atoms with Gasteiger partial charge in [0, 0.05) is 12.1 Å². The summed E-state index contributed by atoms with van der Waals surface area (Å²) < 4.78 is 1.78. The number of aromatic amines is 1. The molecule has 2 heterocycles. The van der Waals surface area contributed by atoms with Gasteiger partial charge in [0.2, 0.25) is 0 Å². The van der Waals surface area contributed by atoms with E-state index in [9.17, 15) is 0 Å². The minimum absolute atomic E-state index is 0.428. The van der Waals surface area contributed by atoms with Crippen LogP contribution in [0.25, 0.3) is 17.2 Å². The Balaban J connectivity index is 2.10. The third-order valence-corrected chi connectivity index (χ3v) is 2.43. The number of hydrogen-bond donors (Lipinski definition) is 2. The van der Waals surface area contributed by atoms with E-state index in [-0.39, 0.29) is 0 Å². The lowest BCUT2D eigenvalue weighted by Gasteiger charge is -1.93. The number of nitrogens with two attached hydrogens (primary N) is 1. The fraction of sp³-hybridized carbons (Fsp3) is 0.0909. The molecule has 3 rings (SSSR count). The number of nitrogens with zero attached hydrogens (tertiary/aromatic N) is 3. The van der Waals surface area contributed by atoms with Crippen molar-refractivity contribution in [3.63, 3.8) is 0 Å². The number of nitrogens with one attached hydrogen (secondary N) is 1. The molecule has 16 heavy (non-hydrogen) atoms. The number of imidazole rings is 1. The Kier molecular flexibility index (Phi) is 1.97. The highest BCUT2D eigenvalue weighted by Crippen LogP contribution is 2.15. The first-order chi connectivity index (χ1) is 7.86. The van der Waals surface area contributed by atoms with Gasteiger partial charge in [-0.05, 0) is 0 Å². The second kappa shape index (κ2) is 3.46. The van der Waals surface area contributed by atoms with Crippen molar-refractivity contribution in [1.82, 2.24) is 19.6 Å². The Bertz CT molecular complexity index is 576. The predicted octanol–water partition coefficient (Wildman–Crippen LogP) is 1.18. The molecule has 0 fully saturated rings. The molecule has 0 unspecified atom stereocenters. The second-order valence-electron chi connectivity index (χ2n) is 3.54. The zero-order valence-electron chi connectivity index (χ0n) is 8.59. The van der Waals surface area contributed by atoms with Gasteiger partial charge in [-0.25, -0.2) is 9.50 Å². The number of aromatic nitrogens is 4. The summed E-state index contributed by atoms with van der Waals surface area (Å²) in [5.74, 6) is 1.46. The molecule has 0 saturated heterocycles. The van der Waals surface area contributed by atoms with Gasteiger partial charge in [-0.3, -0.25) is 5.10 Å². The summed E-state index contributed by atoms with van der Waals surface area (Å²) in [7, 11) is 0. The van der Waals surface area contributed by atoms with Crippen molar-refractivity contribution in [2.75, 3.05) is 0 Å². The number of benzene rings is 1. The third-order valence-electron chi connectivity index (χ3n) is 2.43. The van der Waals surface area contributed by atoms with E-state index in [0.29, 0.717) is 12.3 Å². The molecule has 0 saturated carbocycles. The van der Waals surface area contributed by atoms with Gasteiger partial charge < -0.3 is 5.73 Å². The van der Waals surface area contributed by atoms with Crippen LogP contribution in [0.3, 0.4) is 0 Å². The summed E-state index contributed by atoms with van der Waals surface area (Å²) in [6.07, 6.45) is 1.86. The fourth-order valence-corrected chi connectivity index (χ4v) is 1.64. The standard InChI is InChI=1S/C11H11N5/c12-6-9-7-16-11(13-9)14-10(15-16)8-4-2-1-3-5-8/h1-5,7H,6,12H2,(H,13,14,15). The van der Waals surface area contributed by atoms with Gasteiger partial charge in [-0.15, -0.1) is 0 Å². The minimum atomic E-state index is 0.428. The monoisotopic (exact) mass is 213 g/mol. The first-order valence-electron chi connectivity index (χ1n) is 5.06. The van der Waals surface area contributed by atoms with Crippen molar-refractivity contribution in [3.05, 3.63) is 42.2 Å². The Morgan fingerprint density at radius 3 is 2.69 bits per heavy atom. The van der Waals surface area contributed by atoms with E-state index < -0.39 is 0 Å². The largest absolute Gasteiger partial charge is 0.325 e. The van der Waals surface area contributed by atoms with Gasteiger partial charge in [0.25, 0.3) is 5.78 Å². The van der Waals surface area contributed by atoms with Gasteiger partial charge in [0.1, 0.15) is 0 Å². The molecule has 2 aromatic heterocycles.